The van der Waals surface area contributed by atoms with Crippen LogP contribution in [-0.2, 0) is 0 Å². The summed E-state index contributed by atoms with van der Waals surface area (Å²) < 4.78 is 10.5. The Morgan fingerprint density at radius 1 is 1.12 bits per heavy atom. The molecule has 0 aliphatic heterocycles. The number of amides is 1. The molecule has 0 aliphatic carbocycles. The van der Waals surface area contributed by atoms with Crippen molar-refractivity contribution >= 4 is 17.4 Å². The predicted octanol–water partition coefficient (Wildman–Crippen LogP) is 2.68. The summed E-state index contributed by atoms with van der Waals surface area (Å²) in [5.41, 5.74) is 1.03. The molecule has 2 rings (SSSR count). The van der Waals surface area contributed by atoms with Crippen molar-refractivity contribution in [3.05, 3.63) is 35.8 Å². The molecule has 0 atom stereocenters. The number of anilines is 2. The first-order valence-corrected chi connectivity index (χ1v) is 7.58. The fourth-order valence-electron chi connectivity index (χ4n) is 2.12. The van der Waals surface area contributed by atoms with E-state index < -0.39 is 0 Å². The molecule has 2 N–H and O–H groups in total. The number of rotatable bonds is 6. The highest BCUT2D eigenvalue weighted by molar-refractivity contribution is 5.93. The molecule has 1 aromatic heterocycles. The van der Waals surface area contributed by atoms with Crippen molar-refractivity contribution in [1.82, 2.24) is 15.3 Å². The molecule has 128 valence electrons. The maximum absolute atomic E-state index is 12.1. The largest absolute Gasteiger partial charge is 0.497 e. The van der Waals surface area contributed by atoms with Crippen LogP contribution in [0, 0.1) is 6.92 Å². The molecule has 0 aliphatic rings. The molecule has 0 spiro atoms. The Kier molecular flexibility index (Phi) is 5.57. The van der Waals surface area contributed by atoms with Gasteiger partial charge in [0.15, 0.2) is 0 Å². The lowest BCUT2D eigenvalue weighted by Crippen LogP contribution is -2.31. The fraction of sp³-hybridized carbons (Fsp3) is 0.353. The van der Waals surface area contributed by atoms with Gasteiger partial charge in [-0.15, -0.1) is 0 Å². The monoisotopic (exact) mass is 330 g/mol. The van der Waals surface area contributed by atoms with Crippen LogP contribution in [0.3, 0.4) is 0 Å². The van der Waals surface area contributed by atoms with Crippen molar-refractivity contribution in [2.75, 3.05) is 19.5 Å². The van der Waals surface area contributed by atoms with Gasteiger partial charge in [0.1, 0.15) is 28.8 Å². The number of carbonyl (C=O) groups excluding carboxylic acids is 1. The van der Waals surface area contributed by atoms with Gasteiger partial charge in [0.2, 0.25) is 0 Å². The van der Waals surface area contributed by atoms with Gasteiger partial charge in [-0.25, -0.2) is 9.97 Å². The third kappa shape index (κ3) is 4.34. The van der Waals surface area contributed by atoms with Crippen LogP contribution in [0.5, 0.6) is 11.5 Å². The van der Waals surface area contributed by atoms with E-state index in [4.69, 9.17) is 9.47 Å². The van der Waals surface area contributed by atoms with Crippen LogP contribution in [0.25, 0.3) is 0 Å². The molecule has 24 heavy (non-hydrogen) atoms. The highest BCUT2D eigenvalue weighted by Gasteiger charge is 2.13. The average Bonchev–Trinajstić information content (AvgIpc) is 2.54. The summed E-state index contributed by atoms with van der Waals surface area (Å²) in [6.07, 6.45) is 0. The van der Waals surface area contributed by atoms with Gasteiger partial charge >= 0.3 is 0 Å². The summed E-state index contributed by atoms with van der Waals surface area (Å²) in [6.45, 7) is 5.53. The topological polar surface area (TPSA) is 85.4 Å². The van der Waals surface area contributed by atoms with Crippen molar-refractivity contribution < 1.29 is 14.3 Å². The van der Waals surface area contributed by atoms with Crippen molar-refractivity contribution in [3.8, 4) is 11.5 Å². The Balaban J connectivity index is 2.30. The van der Waals surface area contributed by atoms with Crippen LogP contribution >= 0.6 is 0 Å². The summed E-state index contributed by atoms with van der Waals surface area (Å²) >= 11 is 0. The Labute approximate surface area is 141 Å². The van der Waals surface area contributed by atoms with Crippen molar-refractivity contribution in [2.24, 2.45) is 0 Å². The summed E-state index contributed by atoms with van der Waals surface area (Å²) in [5.74, 6) is 2.08. The van der Waals surface area contributed by atoms with Crippen LogP contribution in [0.1, 0.15) is 30.2 Å². The van der Waals surface area contributed by atoms with Gasteiger partial charge in [-0.1, -0.05) is 0 Å². The number of nitrogens with zero attached hydrogens (tertiary/aromatic N) is 2. The van der Waals surface area contributed by atoms with Crippen LogP contribution in [-0.4, -0.2) is 36.1 Å². The molecule has 7 nitrogen and oxygen atoms in total. The van der Waals surface area contributed by atoms with Gasteiger partial charge in [-0.05, 0) is 32.9 Å². The molecule has 7 heteroatoms. The smallest absolute Gasteiger partial charge is 0.270 e. The molecule has 0 bridgehead atoms. The molecular weight excluding hydrogens is 308 g/mol. The standard InChI is InChI=1S/C17H22N4O3/c1-10(2)18-17(22)14-9-16(20-11(3)19-14)21-13-7-6-12(23-4)8-15(13)24-5/h6-10H,1-5H3,(H,18,22)(H,19,20,21). The molecule has 0 saturated carbocycles. The number of ether oxygens (including phenoxy) is 2. The normalized spacial score (nSPS) is 10.4. The third-order valence-electron chi connectivity index (χ3n) is 3.16. The molecule has 0 saturated heterocycles. The van der Waals surface area contributed by atoms with Gasteiger partial charge in [0.25, 0.3) is 5.91 Å². The van der Waals surface area contributed by atoms with E-state index in [0.29, 0.717) is 34.5 Å². The lowest BCUT2D eigenvalue weighted by molar-refractivity contribution is 0.0937. The summed E-state index contributed by atoms with van der Waals surface area (Å²) in [4.78, 5) is 20.7. The molecule has 0 radical (unpaired) electrons. The lowest BCUT2D eigenvalue weighted by atomic mass is 10.2. The molecule has 2 aromatic rings. The first kappa shape index (κ1) is 17.5. The number of carbonyl (C=O) groups is 1. The number of hydrogen-bond acceptors (Lipinski definition) is 6. The van der Waals surface area contributed by atoms with Gasteiger partial charge in [-0.2, -0.15) is 0 Å². The number of hydrogen-bond donors (Lipinski definition) is 2. The molecule has 1 heterocycles. The quantitative estimate of drug-likeness (QED) is 0.847. The number of nitrogens with one attached hydrogen (secondary N) is 2. The van der Waals surface area contributed by atoms with Crippen LogP contribution in [0.4, 0.5) is 11.5 Å². The third-order valence-corrected chi connectivity index (χ3v) is 3.16. The summed E-state index contributed by atoms with van der Waals surface area (Å²) in [5, 5.41) is 5.97. The van der Waals surface area contributed by atoms with E-state index in [2.05, 4.69) is 20.6 Å². The van der Waals surface area contributed by atoms with E-state index in [1.54, 1.807) is 33.3 Å². The van der Waals surface area contributed by atoms with Crippen molar-refractivity contribution in [1.29, 1.82) is 0 Å². The van der Waals surface area contributed by atoms with E-state index in [1.165, 1.54) is 0 Å². The Morgan fingerprint density at radius 2 is 1.88 bits per heavy atom. The van der Waals surface area contributed by atoms with Gasteiger partial charge < -0.3 is 20.1 Å². The van der Waals surface area contributed by atoms with E-state index in [-0.39, 0.29) is 11.9 Å². The second-order valence-corrected chi connectivity index (χ2v) is 5.51. The second-order valence-electron chi connectivity index (χ2n) is 5.51. The Bertz CT molecular complexity index is 732. The average molecular weight is 330 g/mol. The van der Waals surface area contributed by atoms with Crippen molar-refractivity contribution in [2.45, 2.75) is 26.8 Å². The minimum atomic E-state index is -0.236. The van der Waals surface area contributed by atoms with Gasteiger partial charge in [0, 0.05) is 18.2 Å². The van der Waals surface area contributed by atoms with Gasteiger partial charge in [0.05, 0.1) is 19.9 Å². The summed E-state index contributed by atoms with van der Waals surface area (Å²) in [7, 11) is 3.17. The second kappa shape index (κ2) is 7.63. The molecule has 0 fully saturated rings. The molecule has 0 unspecified atom stereocenters. The minimum Gasteiger partial charge on any atom is -0.497 e. The molecule has 1 amide bonds. The minimum absolute atomic E-state index is 0.0332. The van der Waals surface area contributed by atoms with Crippen molar-refractivity contribution in [3.63, 3.8) is 0 Å². The van der Waals surface area contributed by atoms with Crippen LogP contribution in [0.2, 0.25) is 0 Å². The van der Waals surface area contributed by atoms with E-state index in [1.807, 2.05) is 26.0 Å². The highest BCUT2D eigenvalue weighted by atomic mass is 16.5. The van der Waals surface area contributed by atoms with Crippen LogP contribution in [0.15, 0.2) is 24.3 Å². The highest BCUT2D eigenvalue weighted by Crippen LogP contribution is 2.31. The van der Waals surface area contributed by atoms with Gasteiger partial charge in [-0.3, -0.25) is 4.79 Å². The first-order chi connectivity index (χ1) is 11.4. The SMILES string of the molecule is COc1ccc(Nc2cc(C(=O)NC(C)C)nc(C)n2)c(OC)c1. The fourth-order valence-corrected chi connectivity index (χ4v) is 2.12. The van der Waals surface area contributed by atoms with E-state index in [0.717, 1.165) is 0 Å². The lowest BCUT2D eigenvalue weighted by Gasteiger charge is -2.13. The maximum Gasteiger partial charge on any atom is 0.270 e. The molecule has 1 aromatic carbocycles. The zero-order valence-corrected chi connectivity index (χ0v) is 14.5. The Morgan fingerprint density at radius 3 is 2.50 bits per heavy atom. The Hall–Kier alpha value is -2.83. The summed E-state index contributed by atoms with van der Waals surface area (Å²) in [6, 6.07) is 7.04. The number of benzene rings is 1. The van der Waals surface area contributed by atoms with E-state index in [9.17, 15) is 4.79 Å². The number of aryl methyl sites for hydroxylation is 1. The number of methoxy groups -OCH3 is 2. The zero-order valence-electron chi connectivity index (χ0n) is 14.5. The number of aromatic nitrogens is 2. The molecular formula is C17H22N4O3. The van der Waals surface area contributed by atoms with E-state index >= 15 is 0 Å². The maximum atomic E-state index is 12.1. The zero-order chi connectivity index (χ0) is 17.7. The van der Waals surface area contributed by atoms with Crippen LogP contribution < -0.4 is 20.1 Å². The first-order valence-electron chi connectivity index (χ1n) is 7.58. The predicted molar refractivity (Wildman–Crippen MR) is 92.2 cm³/mol.